The first kappa shape index (κ1) is 12.7. The number of aliphatic carboxylic acids is 1. The summed E-state index contributed by atoms with van der Waals surface area (Å²) in [7, 11) is 1.88. The van der Waals surface area contributed by atoms with Crippen LogP contribution in [0.1, 0.15) is 19.5 Å². The van der Waals surface area contributed by atoms with E-state index in [1.165, 1.54) is 0 Å². The Balaban J connectivity index is 2.27. The Kier molecular flexibility index (Phi) is 4.49. The molecule has 0 fully saturated rings. The summed E-state index contributed by atoms with van der Waals surface area (Å²) >= 11 is 0. The van der Waals surface area contributed by atoms with Gasteiger partial charge in [-0.25, -0.2) is 0 Å². The Morgan fingerprint density at radius 1 is 1.62 bits per heavy atom. The van der Waals surface area contributed by atoms with Crippen molar-refractivity contribution in [1.29, 1.82) is 0 Å². The fraction of sp³-hybridized carbons (Fsp3) is 0.636. The SMILES string of the molecule is CC(NCCc1ccn(C)n1)C(C)C(=O)O. The molecule has 16 heavy (non-hydrogen) atoms. The molecule has 1 heterocycles. The van der Waals surface area contributed by atoms with Gasteiger partial charge in [-0.05, 0) is 13.0 Å². The van der Waals surface area contributed by atoms with Gasteiger partial charge in [-0.2, -0.15) is 5.10 Å². The van der Waals surface area contributed by atoms with Gasteiger partial charge in [0.25, 0.3) is 0 Å². The Morgan fingerprint density at radius 3 is 2.81 bits per heavy atom. The molecule has 90 valence electrons. The molecule has 1 aromatic heterocycles. The summed E-state index contributed by atoms with van der Waals surface area (Å²) in [4.78, 5) is 10.7. The first-order valence-corrected chi connectivity index (χ1v) is 5.45. The third kappa shape index (κ3) is 3.66. The van der Waals surface area contributed by atoms with E-state index in [-0.39, 0.29) is 12.0 Å². The number of carbonyl (C=O) groups is 1. The van der Waals surface area contributed by atoms with E-state index >= 15 is 0 Å². The fourth-order valence-corrected chi connectivity index (χ4v) is 1.42. The summed E-state index contributed by atoms with van der Waals surface area (Å²) in [6, 6.07) is 1.94. The lowest BCUT2D eigenvalue weighted by Crippen LogP contribution is -2.37. The van der Waals surface area contributed by atoms with Crippen molar-refractivity contribution in [2.45, 2.75) is 26.3 Å². The maximum Gasteiger partial charge on any atom is 0.307 e. The molecule has 2 N–H and O–H groups in total. The third-order valence-electron chi connectivity index (χ3n) is 2.76. The molecule has 5 heteroatoms. The van der Waals surface area contributed by atoms with Crippen LogP contribution in [0.5, 0.6) is 0 Å². The number of hydrogen-bond acceptors (Lipinski definition) is 3. The third-order valence-corrected chi connectivity index (χ3v) is 2.76. The van der Waals surface area contributed by atoms with E-state index in [0.29, 0.717) is 0 Å². The molecule has 0 aromatic carbocycles. The second-order valence-corrected chi connectivity index (χ2v) is 4.10. The Labute approximate surface area is 95.5 Å². The fourth-order valence-electron chi connectivity index (χ4n) is 1.42. The van der Waals surface area contributed by atoms with Gasteiger partial charge in [-0.3, -0.25) is 9.48 Å². The molecule has 0 spiro atoms. The van der Waals surface area contributed by atoms with Crippen LogP contribution in [0.25, 0.3) is 0 Å². The van der Waals surface area contributed by atoms with E-state index in [4.69, 9.17) is 5.11 Å². The zero-order valence-electron chi connectivity index (χ0n) is 9.97. The summed E-state index contributed by atoms with van der Waals surface area (Å²) in [5.74, 6) is -1.14. The van der Waals surface area contributed by atoms with Gasteiger partial charge in [0, 0.05) is 32.3 Å². The van der Waals surface area contributed by atoms with Crippen molar-refractivity contribution in [3.63, 3.8) is 0 Å². The first-order chi connectivity index (χ1) is 7.50. The van der Waals surface area contributed by atoms with Crippen LogP contribution in [-0.2, 0) is 18.3 Å². The molecule has 1 rings (SSSR count). The lowest BCUT2D eigenvalue weighted by molar-refractivity contribution is -0.141. The van der Waals surface area contributed by atoms with Crippen molar-refractivity contribution >= 4 is 5.97 Å². The maximum atomic E-state index is 10.7. The molecule has 2 unspecified atom stereocenters. The van der Waals surface area contributed by atoms with Crippen molar-refractivity contribution in [3.05, 3.63) is 18.0 Å². The lowest BCUT2D eigenvalue weighted by atomic mass is 10.0. The highest BCUT2D eigenvalue weighted by molar-refractivity contribution is 5.70. The van der Waals surface area contributed by atoms with Crippen LogP contribution in [0, 0.1) is 5.92 Å². The smallest absolute Gasteiger partial charge is 0.307 e. The molecule has 0 bridgehead atoms. The van der Waals surface area contributed by atoms with Crippen LogP contribution in [0.2, 0.25) is 0 Å². The molecular weight excluding hydrogens is 206 g/mol. The Morgan fingerprint density at radius 2 is 2.31 bits per heavy atom. The van der Waals surface area contributed by atoms with Crippen LogP contribution in [0.4, 0.5) is 0 Å². The van der Waals surface area contributed by atoms with Crippen molar-refractivity contribution in [2.75, 3.05) is 6.54 Å². The van der Waals surface area contributed by atoms with E-state index in [1.54, 1.807) is 11.6 Å². The maximum absolute atomic E-state index is 10.7. The average Bonchev–Trinajstić information content (AvgIpc) is 2.62. The number of aryl methyl sites for hydroxylation is 1. The van der Waals surface area contributed by atoms with Crippen molar-refractivity contribution in [3.8, 4) is 0 Å². The molecule has 0 aliphatic rings. The average molecular weight is 225 g/mol. The monoisotopic (exact) mass is 225 g/mol. The van der Waals surface area contributed by atoms with Crippen LogP contribution in [-0.4, -0.2) is 33.4 Å². The van der Waals surface area contributed by atoms with Crippen LogP contribution < -0.4 is 5.32 Å². The Hall–Kier alpha value is -1.36. The largest absolute Gasteiger partial charge is 0.481 e. The number of hydrogen-bond donors (Lipinski definition) is 2. The van der Waals surface area contributed by atoms with Gasteiger partial charge in [0.05, 0.1) is 11.6 Å². The standard InChI is InChI=1S/C11H19N3O2/c1-8(11(15)16)9(2)12-6-4-10-5-7-14(3)13-10/h5,7-9,12H,4,6H2,1-3H3,(H,15,16). The molecule has 0 amide bonds. The van der Waals surface area contributed by atoms with E-state index < -0.39 is 5.97 Å². The summed E-state index contributed by atoms with van der Waals surface area (Å²) in [6.07, 6.45) is 2.72. The molecule has 0 saturated carbocycles. The molecule has 1 aromatic rings. The zero-order valence-corrected chi connectivity index (χ0v) is 9.97. The van der Waals surface area contributed by atoms with E-state index in [1.807, 2.05) is 26.2 Å². The number of carboxylic acids is 1. The highest BCUT2D eigenvalue weighted by Crippen LogP contribution is 2.02. The molecule has 0 aliphatic carbocycles. The molecular formula is C11H19N3O2. The van der Waals surface area contributed by atoms with Gasteiger partial charge in [0.1, 0.15) is 0 Å². The number of rotatable bonds is 6. The minimum atomic E-state index is -0.766. The topological polar surface area (TPSA) is 67.2 Å². The Bertz CT molecular complexity index is 349. The minimum Gasteiger partial charge on any atom is -0.481 e. The molecule has 0 radical (unpaired) electrons. The van der Waals surface area contributed by atoms with Crippen molar-refractivity contribution in [1.82, 2.24) is 15.1 Å². The molecule has 5 nitrogen and oxygen atoms in total. The van der Waals surface area contributed by atoms with Gasteiger partial charge < -0.3 is 10.4 Å². The predicted molar refractivity (Wildman–Crippen MR) is 61.2 cm³/mol. The van der Waals surface area contributed by atoms with Gasteiger partial charge in [0.2, 0.25) is 0 Å². The first-order valence-electron chi connectivity index (χ1n) is 5.45. The summed E-state index contributed by atoms with van der Waals surface area (Å²) in [5, 5.41) is 16.3. The highest BCUT2D eigenvalue weighted by Gasteiger charge is 2.18. The van der Waals surface area contributed by atoms with Crippen molar-refractivity contribution in [2.24, 2.45) is 13.0 Å². The lowest BCUT2D eigenvalue weighted by Gasteiger charge is -2.17. The van der Waals surface area contributed by atoms with Gasteiger partial charge in [0.15, 0.2) is 0 Å². The van der Waals surface area contributed by atoms with Crippen LogP contribution >= 0.6 is 0 Å². The zero-order chi connectivity index (χ0) is 12.1. The quantitative estimate of drug-likeness (QED) is 0.746. The van der Waals surface area contributed by atoms with E-state index in [2.05, 4.69) is 10.4 Å². The number of carboxylic acid groups (broad SMARTS) is 1. The predicted octanol–water partition coefficient (Wildman–Crippen LogP) is 0.661. The van der Waals surface area contributed by atoms with Crippen molar-refractivity contribution < 1.29 is 9.90 Å². The highest BCUT2D eigenvalue weighted by atomic mass is 16.4. The summed E-state index contributed by atoms with van der Waals surface area (Å²) < 4.78 is 1.76. The van der Waals surface area contributed by atoms with Gasteiger partial charge in [-0.15, -0.1) is 0 Å². The van der Waals surface area contributed by atoms with Crippen LogP contribution in [0.3, 0.4) is 0 Å². The second-order valence-electron chi connectivity index (χ2n) is 4.10. The summed E-state index contributed by atoms with van der Waals surface area (Å²) in [5.41, 5.74) is 1.02. The normalized spacial score (nSPS) is 14.7. The molecule has 0 saturated heterocycles. The van der Waals surface area contributed by atoms with E-state index in [0.717, 1.165) is 18.7 Å². The number of nitrogens with zero attached hydrogens (tertiary/aromatic N) is 2. The van der Waals surface area contributed by atoms with Crippen LogP contribution in [0.15, 0.2) is 12.3 Å². The summed E-state index contributed by atoms with van der Waals surface area (Å²) in [6.45, 7) is 4.34. The minimum absolute atomic E-state index is 0.0267. The second kappa shape index (κ2) is 5.65. The van der Waals surface area contributed by atoms with Gasteiger partial charge >= 0.3 is 5.97 Å². The van der Waals surface area contributed by atoms with E-state index in [9.17, 15) is 4.79 Å². The number of nitrogens with one attached hydrogen (secondary N) is 1. The van der Waals surface area contributed by atoms with Gasteiger partial charge in [-0.1, -0.05) is 6.92 Å². The molecule has 2 atom stereocenters. The number of aromatic nitrogens is 2. The molecule has 0 aliphatic heterocycles.